The molecule has 0 radical (unpaired) electrons. The number of hydrogen-bond donors (Lipinski definition) is 1. The van der Waals surface area contributed by atoms with E-state index < -0.39 is 11.7 Å². The maximum Gasteiger partial charge on any atom is 0.416 e. The lowest BCUT2D eigenvalue weighted by Gasteiger charge is -2.32. The molecule has 120 valence electrons. The first-order valence-electron chi connectivity index (χ1n) is 7.07. The number of nitrogens with two attached hydrogens (primary N) is 1. The molecule has 1 aliphatic rings. The van der Waals surface area contributed by atoms with Gasteiger partial charge in [-0.15, -0.1) is 12.4 Å². The molecule has 0 spiro atoms. The van der Waals surface area contributed by atoms with Crippen LogP contribution in [0.15, 0.2) is 24.3 Å². The molecular weight excluding hydrogens is 301 g/mol. The maximum absolute atomic E-state index is 12.7. The standard InChI is InChI=1S/C15H21F3N2.ClH/c16-15(17,18)14-5-1-3-13(9-14)11-20-8-2-4-12(10-20)6-7-19;/h1,3,5,9,12H,2,4,6-8,10-11,19H2;1H. The third-order valence-electron chi connectivity index (χ3n) is 3.84. The van der Waals surface area contributed by atoms with Crippen LogP contribution in [0.25, 0.3) is 0 Å². The van der Waals surface area contributed by atoms with E-state index in [0.717, 1.165) is 37.6 Å². The van der Waals surface area contributed by atoms with E-state index in [1.165, 1.54) is 18.6 Å². The van der Waals surface area contributed by atoms with Crippen LogP contribution >= 0.6 is 12.4 Å². The Morgan fingerprint density at radius 3 is 2.71 bits per heavy atom. The molecule has 6 heteroatoms. The van der Waals surface area contributed by atoms with Crippen LogP contribution in [-0.2, 0) is 12.7 Å². The first kappa shape index (κ1) is 18.3. The maximum atomic E-state index is 12.7. The number of likely N-dealkylation sites (tertiary alicyclic amines) is 1. The summed E-state index contributed by atoms with van der Waals surface area (Å²) in [4.78, 5) is 2.24. The molecule has 0 aliphatic carbocycles. The Labute approximate surface area is 129 Å². The van der Waals surface area contributed by atoms with Crippen molar-refractivity contribution in [2.45, 2.75) is 32.0 Å². The van der Waals surface area contributed by atoms with Crippen molar-refractivity contribution in [3.8, 4) is 0 Å². The van der Waals surface area contributed by atoms with Crippen molar-refractivity contribution in [3.05, 3.63) is 35.4 Å². The van der Waals surface area contributed by atoms with Gasteiger partial charge in [0.25, 0.3) is 0 Å². The average molecular weight is 323 g/mol. The zero-order valence-electron chi connectivity index (χ0n) is 11.9. The van der Waals surface area contributed by atoms with Gasteiger partial charge in [-0.05, 0) is 49.9 Å². The quantitative estimate of drug-likeness (QED) is 0.916. The highest BCUT2D eigenvalue weighted by atomic mass is 35.5. The van der Waals surface area contributed by atoms with Crippen molar-refractivity contribution >= 4 is 12.4 Å². The molecule has 2 rings (SSSR count). The molecule has 0 aromatic heterocycles. The summed E-state index contributed by atoms with van der Waals surface area (Å²) in [6, 6.07) is 5.63. The van der Waals surface area contributed by atoms with E-state index in [-0.39, 0.29) is 12.4 Å². The van der Waals surface area contributed by atoms with Gasteiger partial charge in [-0.1, -0.05) is 18.2 Å². The van der Waals surface area contributed by atoms with Gasteiger partial charge < -0.3 is 5.73 Å². The van der Waals surface area contributed by atoms with Gasteiger partial charge in [-0.2, -0.15) is 13.2 Å². The lowest BCUT2D eigenvalue weighted by atomic mass is 9.94. The van der Waals surface area contributed by atoms with E-state index in [2.05, 4.69) is 4.90 Å². The minimum Gasteiger partial charge on any atom is -0.330 e. The van der Waals surface area contributed by atoms with Crippen LogP contribution in [0.1, 0.15) is 30.4 Å². The largest absolute Gasteiger partial charge is 0.416 e. The van der Waals surface area contributed by atoms with Gasteiger partial charge in [-0.25, -0.2) is 0 Å². The van der Waals surface area contributed by atoms with Gasteiger partial charge in [0.05, 0.1) is 5.56 Å². The van der Waals surface area contributed by atoms with Crippen LogP contribution in [0, 0.1) is 5.92 Å². The summed E-state index contributed by atoms with van der Waals surface area (Å²) in [6.45, 7) is 3.16. The normalized spacial score (nSPS) is 20.1. The molecule has 1 aromatic rings. The molecular formula is C15H22ClF3N2. The Balaban J connectivity index is 0.00000220. The molecule has 1 heterocycles. The van der Waals surface area contributed by atoms with E-state index in [0.29, 0.717) is 19.0 Å². The molecule has 1 fully saturated rings. The molecule has 1 aromatic carbocycles. The second-order valence-electron chi connectivity index (χ2n) is 5.52. The fourth-order valence-electron chi connectivity index (χ4n) is 2.87. The molecule has 1 aliphatic heterocycles. The van der Waals surface area contributed by atoms with Crippen molar-refractivity contribution in [2.24, 2.45) is 11.7 Å². The number of hydrogen-bond acceptors (Lipinski definition) is 2. The monoisotopic (exact) mass is 322 g/mol. The number of halogens is 4. The second-order valence-corrected chi connectivity index (χ2v) is 5.52. The summed E-state index contributed by atoms with van der Waals surface area (Å²) < 4.78 is 38.0. The lowest BCUT2D eigenvalue weighted by molar-refractivity contribution is -0.137. The predicted molar refractivity (Wildman–Crippen MR) is 80.4 cm³/mol. The molecule has 2 nitrogen and oxygen atoms in total. The smallest absolute Gasteiger partial charge is 0.330 e. The predicted octanol–water partition coefficient (Wildman–Crippen LogP) is 3.69. The summed E-state index contributed by atoms with van der Waals surface area (Å²) in [5.41, 5.74) is 5.75. The zero-order chi connectivity index (χ0) is 14.6. The Hall–Kier alpha value is -0.780. The van der Waals surface area contributed by atoms with E-state index in [9.17, 15) is 13.2 Å². The topological polar surface area (TPSA) is 29.3 Å². The average Bonchev–Trinajstić information content (AvgIpc) is 2.39. The summed E-state index contributed by atoms with van der Waals surface area (Å²) in [5, 5.41) is 0. The molecule has 1 atom stereocenters. The van der Waals surface area contributed by atoms with Gasteiger partial charge in [0.2, 0.25) is 0 Å². The third-order valence-corrected chi connectivity index (χ3v) is 3.84. The lowest BCUT2D eigenvalue weighted by Crippen LogP contribution is -2.35. The summed E-state index contributed by atoms with van der Waals surface area (Å²) in [7, 11) is 0. The molecule has 0 amide bonds. The van der Waals surface area contributed by atoms with Crippen LogP contribution in [-0.4, -0.2) is 24.5 Å². The van der Waals surface area contributed by atoms with Crippen LogP contribution < -0.4 is 5.73 Å². The number of nitrogens with zero attached hydrogens (tertiary/aromatic N) is 1. The Kier molecular flexibility index (Phi) is 6.97. The van der Waals surface area contributed by atoms with Crippen molar-refractivity contribution in [3.63, 3.8) is 0 Å². The number of rotatable bonds is 4. The second kappa shape index (κ2) is 8.01. The van der Waals surface area contributed by atoms with Gasteiger partial charge >= 0.3 is 6.18 Å². The van der Waals surface area contributed by atoms with E-state index >= 15 is 0 Å². The Morgan fingerprint density at radius 2 is 2.05 bits per heavy atom. The number of benzene rings is 1. The van der Waals surface area contributed by atoms with Crippen LogP contribution in [0.2, 0.25) is 0 Å². The molecule has 2 N–H and O–H groups in total. The van der Waals surface area contributed by atoms with Crippen molar-refractivity contribution in [2.75, 3.05) is 19.6 Å². The fraction of sp³-hybridized carbons (Fsp3) is 0.600. The molecule has 1 saturated heterocycles. The van der Waals surface area contributed by atoms with Gasteiger partial charge in [0, 0.05) is 13.1 Å². The SMILES string of the molecule is Cl.NCCC1CCCN(Cc2cccc(C(F)(F)F)c2)C1. The fourth-order valence-corrected chi connectivity index (χ4v) is 2.87. The van der Waals surface area contributed by atoms with E-state index in [1.807, 2.05) is 0 Å². The first-order chi connectivity index (χ1) is 9.49. The van der Waals surface area contributed by atoms with Crippen LogP contribution in [0.4, 0.5) is 13.2 Å². The van der Waals surface area contributed by atoms with Gasteiger partial charge in [0.1, 0.15) is 0 Å². The Bertz CT molecular complexity index is 435. The van der Waals surface area contributed by atoms with Crippen molar-refractivity contribution in [1.82, 2.24) is 4.90 Å². The summed E-state index contributed by atoms with van der Waals surface area (Å²) in [6.07, 6.45) is -0.987. The molecule has 0 saturated carbocycles. The van der Waals surface area contributed by atoms with E-state index in [4.69, 9.17) is 5.73 Å². The highest BCUT2D eigenvalue weighted by molar-refractivity contribution is 5.85. The van der Waals surface area contributed by atoms with Crippen LogP contribution in [0.3, 0.4) is 0 Å². The number of alkyl halides is 3. The molecule has 0 bridgehead atoms. The number of piperidine rings is 1. The molecule has 21 heavy (non-hydrogen) atoms. The summed E-state index contributed by atoms with van der Waals surface area (Å²) >= 11 is 0. The minimum atomic E-state index is -4.26. The third kappa shape index (κ3) is 5.49. The van der Waals surface area contributed by atoms with Crippen LogP contribution in [0.5, 0.6) is 0 Å². The molecule has 1 unspecified atom stereocenters. The summed E-state index contributed by atoms with van der Waals surface area (Å²) in [5.74, 6) is 0.583. The first-order valence-corrected chi connectivity index (χ1v) is 7.07. The van der Waals surface area contributed by atoms with Gasteiger partial charge in [-0.3, -0.25) is 4.90 Å². The zero-order valence-corrected chi connectivity index (χ0v) is 12.7. The van der Waals surface area contributed by atoms with E-state index in [1.54, 1.807) is 6.07 Å². The highest BCUT2D eigenvalue weighted by Crippen LogP contribution is 2.30. The Morgan fingerprint density at radius 1 is 1.29 bits per heavy atom. The highest BCUT2D eigenvalue weighted by Gasteiger charge is 2.30. The van der Waals surface area contributed by atoms with Crippen molar-refractivity contribution < 1.29 is 13.2 Å². The minimum absolute atomic E-state index is 0. The van der Waals surface area contributed by atoms with Gasteiger partial charge in [0.15, 0.2) is 0 Å². The van der Waals surface area contributed by atoms with Crippen molar-refractivity contribution in [1.29, 1.82) is 0 Å².